The van der Waals surface area contributed by atoms with Gasteiger partial charge >= 0.3 is 0 Å². The van der Waals surface area contributed by atoms with Crippen LogP contribution in [0.2, 0.25) is 0 Å². The highest BCUT2D eigenvalue weighted by Crippen LogP contribution is 2.39. The highest BCUT2D eigenvalue weighted by atomic mass is 35.5. The van der Waals surface area contributed by atoms with E-state index in [1.807, 2.05) is 12.1 Å². The molecule has 1 aliphatic carbocycles. The number of unbranched alkanes of at least 4 members (excludes halogenated alkanes) is 2. The van der Waals surface area contributed by atoms with Crippen molar-refractivity contribution in [3.63, 3.8) is 0 Å². The van der Waals surface area contributed by atoms with Gasteiger partial charge in [-0.15, -0.1) is 0 Å². The molecule has 1 aliphatic rings. The Bertz CT molecular complexity index is 2250. The van der Waals surface area contributed by atoms with Crippen molar-refractivity contribution in [1.82, 2.24) is 0 Å². The minimum atomic E-state index is -4.01. The summed E-state index contributed by atoms with van der Waals surface area (Å²) in [4.78, 5) is 2.41. The molecule has 0 amide bonds. The van der Waals surface area contributed by atoms with Gasteiger partial charge in [-0.2, -0.15) is 21.4 Å². The van der Waals surface area contributed by atoms with E-state index < -0.39 is 20.2 Å². The number of aryl methyl sites for hydroxylation is 2. The molecule has 0 aromatic heterocycles. The molecular formula is C44H58ClN2O6S2+. The molecule has 0 saturated carbocycles. The van der Waals surface area contributed by atoms with Crippen LogP contribution in [0, 0.1) is 19.8 Å². The average Bonchev–Trinajstić information content (AvgIpc) is 3.14. The van der Waals surface area contributed by atoms with Gasteiger partial charge in [0.25, 0.3) is 20.2 Å². The minimum Gasteiger partial charge on any atom is -0.369 e. The van der Waals surface area contributed by atoms with Gasteiger partial charge in [0.05, 0.1) is 11.5 Å². The van der Waals surface area contributed by atoms with Crippen LogP contribution in [-0.2, 0) is 20.2 Å². The van der Waals surface area contributed by atoms with Crippen LogP contribution in [-0.4, -0.2) is 66.9 Å². The fourth-order valence-electron chi connectivity index (χ4n) is 8.33. The van der Waals surface area contributed by atoms with Crippen LogP contribution in [0.5, 0.6) is 0 Å². The predicted octanol–water partition coefficient (Wildman–Crippen LogP) is 10.8. The fraction of sp³-hybridized carbons (Fsp3) is 0.477. The van der Waals surface area contributed by atoms with E-state index in [9.17, 15) is 25.9 Å². The summed E-state index contributed by atoms with van der Waals surface area (Å²) in [6.07, 6.45) is 8.77. The van der Waals surface area contributed by atoms with Crippen molar-refractivity contribution in [3.8, 4) is 0 Å². The Labute approximate surface area is 333 Å². The molecule has 0 heterocycles. The number of hydrogen-bond acceptors (Lipinski definition) is 5. The van der Waals surface area contributed by atoms with Gasteiger partial charge in [-0.1, -0.05) is 71.8 Å². The van der Waals surface area contributed by atoms with Gasteiger partial charge in [0.15, 0.2) is 5.71 Å². The van der Waals surface area contributed by atoms with E-state index in [1.165, 1.54) is 44.0 Å². The largest absolute Gasteiger partial charge is 0.369 e. The van der Waals surface area contributed by atoms with E-state index >= 15 is 0 Å². The fourth-order valence-corrected chi connectivity index (χ4v) is 9.87. The maximum Gasteiger partial charge on any atom is 0.264 e. The van der Waals surface area contributed by atoms with Crippen molar-refractivity contribution in [3.05, 3.63) is 94.5 Å². The summed E-state index contributed by atoms with van der Waals surface area (Å²) >= 11 is 7.26. The first-order valence-electron chi connectivity index (χ1n) is 19.7. The summed E-state index contributed by atoms with van der Waals surface area (Å²) in [6, 6.07) is 25.5. The summed E-state index contributed by atoms with van der Waals surface area (Å²) < 4.78 is 66.7. The molecular weight excluding hydrogens is 752 g/mol. The summed E-state index contributed by atoms with van der Waals surface area (Å²) in [5, 5.41) is 5.76. The minimum absolute atomic E-state index is 0.190. The van der Waals surface area contributed by atoms with Gasteiger partial charge in [0.1, 0.15) is 6.54 Å². The summed E-state index contributed by atoms with van der Waals surface area (Å²) in [5.41, 5.74) is 7.17. The molecule has 0 radical (unpaired) electrons. The second kappa shape index (κ2) is 19.2. The van der Waals surface area contributed by atoms with E-state index in [-0.39, 0.29) is 23.5 Å². The molecule has 5 rings (SSSR count). The highest BCUT2D eigenvalue weighted by Gasteiger charge is 2.26. The van der Waals surface area contributed by atoms with Crippen molar-refractivity contribution in [1.29, 1.82) is 0 Å². The van der Waals surface area contributed by atoms with E-state index in [2.05, 4.69) is 97.8 Å². The number of benzene rings is 4. The Kier molecular flexibility index (Phi) is 15.0. The van der Waals surface area contributed by atoms with Crippen LogP contribution in [0.15, 0.2) is 83.4 Å². The summed E-state index contributed by atoms with van der Waals surface area (Å²) in [5.74, 6) is -0.194. The lowest BCUT2D eigenvalue weighted by Gasteiger charge is -2.35. The summed E-state index contributed by atoms with van der Waals surface area (Å²) in [7, 11) is -8.01. The lowest BCUT2D eigenvalue weighted by molar-refractivity contribution is -0.443. The molecule has 8 nitrogen and oxygen atoms in total. The third kappa shape index (κ3) is 11.9. The van der Waals surface area contributed by atoms with Crippen LogP contribution < -0.4 is 4.90 Å². The Morgan fingerprint density at radius 1 is 0.836 bits per heavy atom. The first kappa shape index (κ1) is 42.9. The number of rotatable bonds is 19. The van der Waals surface area contributed by atoms with Gasteiger partial charge in [-0.3, -0.25) is 9.11 Å². The van der Waals surface area contributed by atoms with Gasteiger partial charge in [-0.05, 0) is 124 Å². The maximum absolute atomic E-state index is 11.4. The first-order chi connectivity index (χ1) is 26.1. The SMILES string of the molecule is CC(CCC1=C(Cl)C(CCC(C)N(CCCCS(=O)(=O)O)c2ccc3ccccc3c2C)CCC1)=[N+](CCCCS(=O)(=O)O)c1ccc2ccccc2c1C. The van der Waals surface area contributed by atoms with E-state index in [0.717, 1.165) is 61.4 Å². The van der Waals surface area contributed by atoms with Crippen LogP contribution in [0.4, 0.5) is 11.4 Å². The van der Waals surface area contributed by atoms with Crippen molar-refractivity contribution in [2.45, 2.75) is 104 Å². The zero-order chi connectivity index (χ0) is 39.8. The maximum atomic E-state index is 11.4. The number of hydrogen-bond donors (Lipinski definition) is 2. The third-order valence-electron chi connectivity index (χ3n) is 11.5. The van der Waals surface area contributed by atoms with Crippen LogP contribution in [0.3, 0.4) is 0 Å². The molecule has 4 aromatic carbocycles. The lowest BCUT2D eigenvalue weighted by Crippen LogP contribution is -2.35. The Hall–Kier alpha value is -3.28. The van der Waals surface area contributed by atoms with E-state index in [0.29, 0.717) is 38.8 Å². The molecule has 4 aromatic rings. The number of halogens is 1. The third-order valence-corrected chi connectivity index (χ3v) is 13.7. The van der Waals surface area contributed by atoms with E-state index in [1.54, 1.807) is 0 Å². The van der Waals surface area contributed by atoms with Crippen molar-refractivity contribution >= 4 is 70.5 Å². The van der Waals surface area contributed by atoms with Gasteiger partial charge < -0.3 is 4.90 Å². The Morgan fingerprint density at radius 2 is 1.44 bits per heavy atom. The normalized spacial score (nSPS) is 16.5. The average molecular weight is 811 g/mol. The molecule has 0 fully saturated rings. The zero-order valence-corrected chi connectivity index (χ0v) is 35.2. The van der Waals surface area contributed by atoms with Crippen LogP contribution >= 0.6 is 11.6 Å². The highest BCUT2D eigenvalue weighted by molar-refractivity contribution is 7.86. The molecule has 55 heavy (non-hydrogen) atoms. The van der Waals surface area contributed by atoms with Crippen molar-refractivity contribution in [2.24, 2.45) is 5.92 Å². The Morgan fingerprint density at radius 3 is 2.09 bits per heavy atom. The smallest absolute Gasteiger partial charge is 0.264 e. The van der Waals surface area contributed by atoms with Gasteiger partial charge in [-0.25, -0.2) is 0 Å². The molecule has 0 bridgehead atoms. The number of nitrogens with zero attached hydrogens (tertiary/aromatic N) is 2. The predicted molar refractivity (Wildman–Crippen MR) is 230 cm³/mol. The molecule has 298 valence electrons. The number of allylic oxidation sites excluding steroid dienone is 2. The lowest BCUT2D eigenvalue weighted by atomic mass is 9.84. The second-order valence-corrected chi connectivity index (χ2v) is 18.9. The Balaban J connectivity index is 1.31. The van der Waals surface area contributed by atoms with Crippen molar-refractivity contribution < 1.29 is 30.5 Å². The molecule has 2 atom stereocenters. The number of anilines is 1. The first-order valence-corrected chi connectivity index (χ1v) is 23.3. The summed E-state index contributed by atoms with van der Waals surface area (Å²) in [6.45, 7) is 10.0. The molecule has 2 unspecified atom stereocenters. The molecule has 2 N–H and O–H groups in total. The van der Waals surface area contributed by atoms with Gasteiger partial charge in [0, 0.05) is 54.7 Å². The molecule has 0 saturated heterocycles. The zero-order valence-electron chi connectivity index (χ0n) is 32.8. The molecule has 0 aliphatic heterocycles. The van der Waals surface area contributed by atoms with Crippen molar-refractivity contribution in [2.75, 3.05) is 29.5 Å². The standard InChI is InChI=1S/C44H57ClN2O6S2/c1-32(46(28-9-11-30-54(48,49)50)42-26-24-36-14-5-7-18-40(36)34(42)3)20-22-38-16-13-17-39(44(38)45)23-21-33(2)47(29-10-12-31-55(51,52)53)43-27-25-37-15-6-8-19-41(37)35(43)4/h5-8,14-15,18-19,24-27,32,38H,9-13,16-17,20-23,28-31H2,1-4H3,(H-,48,49,50,51,52,53)/p+1. The molecule has 0 spiro atoms. The second-order valence-electron chi connectivity index (χ2n) is 15.4. The monoisotopic (exact) mass is 809 g/mol. The quantitative estimate of drug-likeness (QED) is 0.0419. The molecule has 11 heteroatoms. The van der Waals surface area contributed by atoms with Crippen LogP contribution in [0.1, 0.15) is 95.6 Å². The van der Waals surface area contributed by atoms with E-state index in [4.69, 9.17) is 11.6 Å². The van der Waals surface area contributed by atoms with Gasteiger partial charge in [0.2, 0.25) is 5.69 Å². The van der Waals surface area contributed by atoms with Crippen LogP contribution in [0.25, 0.3) is 21.5 Å². The number of fused-ring (bicyclic) bond motifs is 2. The topological polar surface area (TPSA) is 115 Å².